The molecule has 3 rings (SSSR count). The van der Waals surface area contributed by atoms with Crippen molar-refractivity contribution in [2.75, 3.05) is 19.6 Å². The second-order valence-corrected chi connectivity index (χ2v) is 5.73. The number of likely N-dealkylation sites (tertiary alicyclic amines) is 1. The number of hydrogen-bond donors (Lipinski definition) is 1. The molecule has 24 heavy (non-hydrogen) atoms. The molecule has 0 saturated carbocycles. The Kier molecular flexibility index (Phi) is 5.15. The Bertz CT molecular complexity index is 718. The third kappa shape index (κ3) is 3.76. The van der Waals surface area contributed by atoms with Gasteiger partial charge in [-0.2, -0.15) is 0 Å². The molecule has 124 valence electrons. The highest BCUT2D eigenvalue weighted by atomic mass is 16.2. The van der Waals surface area contributed by atoms with Crippen molar-refractivity contribution in [3.8, 4) is 11.3 Å². The van der Waals surface area contributed by atoms with Gasteiger partial charge in [0.15, 0.2) is 0 Å². The molecule has 2 amide bonds. The number of carbonyl (C=O) groups is 2. The number of benzene rings is 1. The van der Waals surface area contributed by atoms with Crippen molar-refractivity contribution in [1.29, 1.82) is 0 Å². The molecule has 0 radical (unpaired) electrons. The molecule has 1 aliphatic rings. The van der Waals surface area contributed by atoms with Crippen molar-refractivity contribution >= 4 is 11.8 Å². The van der Waals surface area contributed by atoms with Gasteiger partial charge in [0.25, 0.3) is 5.91 Å². The Morgan fingerprint density at radius 1 is 1.25 bits per heavy atom. The van der Waals surface area contributed by atoms with Crippen molar-refractivity contribution in [3.05, 3.63) is 48.4 Å². The monoisotopic (exact) mass is 324 g/mol. The number of carbonyl (C=O) groups excluding carboxylic acids is 2. The molecule has 0 unspecified atom stereocenters. The summed E-state index contributed by atoms with van der Waals surface area (Å²) in [7, 11) is 0. The van der Waals surface area contributed by atoms with Gasteiger partial charge >= 0.3 is 0 Å². The third-order valence-electron chi connectivity index (χ3n) is 4.07. The first-order chi connectivity index (χ1) is 11.8. The van der Waals surface area contributed by atoms with E-state index in [9.17, 15) is 9.59 Å². The fourth-order valence-electron chi connectivity index (χ4n) is 2.85. The van der Waals surface area contributed by atoms with Crippen LogP contribution < -0.4 is 5.32 Å². The number of nitrogens with one attached hydrogen (secondary N) is 1. The van der Waals surface area contributed by atoms with Crippen molar-refractivity contribution in [3.63, 3.8) is 0 Å². The van der Waals surface area contributed by atoms with Crippen LogP contribution in [0.4, 0.5) is 0 Å². The van der Waals surface area contributed by atoms with Gasteiger partial charge in [0.1, 0.15) is 0 Å². The Morgan fingerprint density at radius 3 is 2.88 bits per heavy atom. The van der Waals surface area contributed by atoms with Gasteiger partial charge in [0.2, 0.25) is 5.91 Å². The van der Waals surface area contributed by atoms with Crippen LogP contribution in [-0.4, -0.2) is 46.3 Å². The summed E-state index contributed by atoms with van der Waals surface area (Å²) >= 11 is 0. The Labute approximate surface area is 140 Å². The largest absolute Gasteiger partial charge is 0.352 e. The zero-order valence-corrected chi connectivity index (χ0v) is 13.4. The van der Waals surface area contributed by atoms with Crippen molar-refractivity contribution in [1.82, 2.24) is 20.2 Å². The third-order valence-corrected chi connectivity index (χ3v) is 4.07. The van der Waals surface area contributed by atoms with Crippen LogP contribution in [0.15, 0.2) is 42.9 Å². The maximum atomic E-state index is 12.5. The van der Waals surface area contributed by atoms with Crippen LogP contribution in [0.25, 0.3) is 11.3 Å². The average molecular weight is 324 g/mol. The summed E-state index contributed by atoms with van der Waals surface area (Å²) in [6, 6.07) is 7.35. The summed E-state index contributed by atoms with van der Waals surface area (Å²) in [6.07, 6.45) is 7.20. The lowest BCUT2D eigenvalue weighted by Crippen LogP contribution is -2.30. The zero-order valence-electron chi connectivity index (χ0n) is 13.4. The molecule has 1 aliphatic heterocycles. The molecule has 2 aromatic rings. The number of aromatic nitrogens is 2. The van der Waals surface area contributed by atoms with E-state index in [-0.39, 0.29) is 11.8 Å². The predicted molar refractivity (Wildman–Crippen MR) is 90.2 cm³/mol. The van der Waals surface area contributed by atoms with Gasteiger partial charge in [-0.05, 0) is 18.9 Å². The summed E-state index contributed by atoms with van der Waals surface area (Å²) in [6.45, 7) is 2.07. The first kappa shape index (κ1) is 16.1. The minimum Gasteiger partial charge on any atom is -0.352 e. The van der Waals surface area contributed by atoms with Crippen LogP contribution in [0.1, 0.15) is 29.6 Å². The summed E-state index contributed by atoms with van der Waals surface area (Å²) in [5.74, 6) is 0.0818. The molecule has 1 N–H and O–H groups in total. The Balaban J connectivity index is 1.58. The van der Waals surface area contributed by atoms with Gasteiger partial charge in [-0.25, -0.2) is 0 Å². The first-order valence-electron chi connectivity index (χ1n) is 8.17. The molecule has 0 bridgehead atoms. The molecule has 1 aromatic carbocycles. The van der Waals surface area contributed by atoms with Crippen LogP contribution in [-0.2, 0) is 4.79 Å². The standard InChI is InChI=1S/C18H20N4O2/c23-17-7-3-11-22(17)12-4-8-21-18(24)15-6-2-1-5-14(15)16-13-19-9-10-20-16/h1-2,5-6,9-10,13H,3-4,7-8,11-12H2,(H,21,24). The fraction of sp³-hybridized carbons (Fsp3) is 0.333. The van der Waals surface area contributed by atoms with Crippen LogP contribution in [0.3, 0.4) is 0 Å². The maximum absolute atomic E-state index is 12.5. The smallest absolute Gasteiger partial charge is 0.251 e. The second kappa shape index (κ2) is 7.68. The minimum absolute atomic E-state index is 0.135. The number of amides is 2. The van der Waals surface area contributed by atoms with Gasteiger partial charge in [0.05, 0.1) is 11.9 Å². The molecule has 0 atom stereocenters. The van der Waals surface area contributed by atoms with E-state index in [0.717, 1.165) is 24.9 Å². The molecule has 1 aromatic heterocycles. The maximum Gasteiger partial charge on any atom is 0.251 e. The molecule has 1 saturated heterocycles. The fourth-order valence-corrected chi connectivity index (χ4v) is 2.85. The Morgan fingerprint density at radius 2 is 2.12 bits per heavy atom. The SMILES string of the molecule is O=C(NCCCN1CCCC1=O)c1ccccc1-c1cnccn1. The van der Waals surface area contributed by atoms with E-state index in [4.69, 9.17) is 0 Å². The summed E-state index contributed by atoms with van der Waals surface area (Å²) < 4.78 is 0. The van der Waals surface area contributed by atoms with E-state index in [0.29, 0.717) is 30.8 Å². The zero-order chi connectivity index (χ0) is 16.8. The molecule has 6 heteroatoms. The van der Waals surface area contributed by atoms with Gasteiger partial charge < -0.3 is 10.2 Å². The molecular formula is C18H20N4O2. The summed E-state index contributed by atoms with van der Waals surface area (Å²) in [4.78, 5) is 34.2. The van der Waals surface area contributed by atoms with Crippen LogP contribution >= 0.6 is 0 Å². The van der Waals surface area contributed by atoms with E-state index in [1.54, 1.807) is 24.7 Å². The number of hydrogen-bond acceptors (Lipinski definition) is 4. The molecule has 2 heterocycles. The highest BCUT2D eigenvalue weighted by Gasteiger charge is 2.19. The van der Waals surface area contributed by atoms with Gasteiger partial charge in [-0.15, -0.1) is 0 Å². The van der Waals surface area contributed by atoms with Gasteiger partial charge in [-0.3, -0.25) is 19.6 Å². The predicted octanol–water partition coefficient (Wildman–Crippen LogP) is 1.89. The molecular weight excluding hydrogens is 304 g/mol. The number of nitrogens with zero attached hydrogens (tertiary/aromatic N) is 3. The number of rotatable bonds is 6. The van der Waals surface area contributed by atoms with E-state index in [1.807, 2.05) is 23.1 Å². The lowest BCUT2D eigenvalue weighted by atomic mass is 10.0. The first-order valence-corrected chi connectivity index (χ1v) is 8.17. The molecule has 0 aliphatic carbocycles. The van der Waals surface area contributed by atoms with Gasteiger partial charge in [-0.1, -0.05) is 18.2 Å². The summed E-state index contributed by atoms with van der Waals surface area (Å²) in [5.41, 5.74) is 2.01. The van der Waals surface area contributed by atoms with Crippen molar-refractivity contribution in [2.45, 2.75) is 19.3 Å². The highest BCUT2D eigenvalue weighted by Crippen LogP contribution is 2.20. The van der Waals surface area contributed by atoms with Gasteiger partial charge in [0, 0.05) is 49.6 Å². The van der Waals surface area contributed by atoms with E-state index >= 15 is 0 Å². The minimum atomic E-state index is -0.135. The molecule has 0 spiro atoms. The van der Waals surface area contributed by atoms with Crippen LogP contribution in [0.5, 0.6) is 0 Å². The van der Waals surface area contributed by atoms with E-state index in [2.05, 4.69) is 15.3 Å². The normalized spacial score (nSPS) is 14.0. The molecule has 1 fully saturated rings. The topological polar surface area (TPSA) is 75.2 Å². The van der Waals surface area contributed by atoms with Crippen LogP contribution in [0.2, 0.25) is 0 Å². The van der Waals surface area contributed by atoms with Crippen molar-refractivity contribution in [2.24, 2.45) is 0 Å². The quantitative estimate of drug-likeness (QED) is 0.823. The van der Waals surface area contributed by atoms with E-state index in [1.165, 1.54) is 0 Å². The second-order valence-electron chi connectivity index (χ2n) is 5.73. The molecule has 6 nitrogen and oxygen atoms in total. The lowest BCUT2D eigenvalue weighted by Gasteiger charge is -2.15. The Hall–Kier alpha value is -2.76. The van der Waals surface area contributed by atoms with Crippen molar-refractivity contribution < 1.29 is 9.59 Å². The lowest BCUT2D eigenvalue weighted by molar-refractivity contribution is -0.127. The van der Waals surface area contributed by atoms with Crippen LogP contribution in [0, 0.1) is 0 Å². The van der Waals surface area contributed by atoms with E-state index < -0.39 is 0 Å². The summed E-state index contributed by atoms with van der Waals surface area (Å²) in [5, 5.41) is 2.92. The highest BCUT2D eigenvalue weighted by molar-refractivity contribution is 6.00. The average Bonchev–Trinajstić information content (AvgIpc) is 3.04.